The topological polar surface area (TPSA) is 35.2 Å². The molecule has 2 unspecified atom stereocenters. The Balaban J connectivity index is 3.13. The van der Waals surface area contributed by atoms with Crippen LogP contribution >= 0.6 is 45.2 Å². The average molecular weight is 383 g/mol. The highest BCUT2D eigenvalue weighted by Gasteiger charge is 2.02. The second-order valence-corrected chi connectivity index (χ2v) is 4.47. The molecule has 4 heteroatoms. The maximum atomic E-state index is 5.67. The molecule has 0 aliphatic rings. The van der Waals surface area contributed by atoms with Gasteiger partial charge in [-0.25, -0.2) is 0 Å². The summed E-state index contributed by atoms with van der Waals surface area (Å²) in [6.45, 7) is 3.72. The predicted octanol–water partition coefficient (Wildman–Crippen LogP) is 1.84. The van der Waals surface area contributed by atoms with Gasteiger partial charge in [0.05, 0.1) is 6.61 Å². The second kappa shape index (κ2) is 8.00. The first-order valence-corrected chi connectivity index (χ1v) is 6.71. The second-order valence-electron chi connectivity index (χ2n) is 2.71. The zero-order valence-corrected chi connectivity index (χ0v) is 11.0. The summed E-state index contributed by atoms with van der Waals surface area (Å²) in [4.78, 5) is 0. The van der Waals surface area contributed by atoms with E-state index >= 15 is 0 Å². The maximum Gasteiger partial charge on any atom is 0.0625 e. The Bertz CT molecular complexity index is 82.5. The molecule has 0 fully saturated rings. The number of alkyl halides is 2. The Morgan fingerprint density at radius 2 is 1.91 bits per heavy atom. The van der Waals surface area contributed by atoms with Crippen molar-refractivity contribution in [2.45, 2.75) is 13.0 Å². The molecule has 2 nitrogen and oxygen atoms in total. The van der Waals surface area contributed by atoms with Gasteiger partial charge in [0.25, 0.3) is 0 Å². The zero-order chi connectivity index (χ0) is 8.69. The fraction of sp³-hybridized carbons (Fsp3) is 1.00. The highest BCUT2D eigenvalue weighted by Crippen LogP contribution is 2.01. The van der Waals surface area contributed by atoms with E-state index in [0.29, 0.717) is 12.5 Å². The van der Waals surface area contributed by atoms with Gasteiger partial charge in [-0.3, -0.25) is 0 Å². The van der Waals surface area contributed by atoms with Crippen LogP contribution in [-0.2, 0) is 4.74 Å². The third-order valence-electron chi connectivity index (χ3n) is 1.20. The van der Waals surface area contributed by atoms with Crippen LogP contribution in [0.5, 0.6) is 0 Å². The summed E-state index contributed by atoms with van der Waals surface area (Å²) in [7, 11) is 0. The van der Waals surface area contributed by atoms with Crippen molar-refractivity contribution in [3.63, 3.8) is 0 Å². The number of nitrogens with two attached hydrogens (primary N) is 1. The molecule has 11 heavy (non-hydrogen) atoms. The van der Waals surface area contributed by atoms with Crippen molar-refractivity contribution in [3.05, 3.63) is 0 Å². The molecule has 0 saturated heterocycles. The van der Waals surface area contributed by atoms with Gasteiger partial charge in [-0.05, 0) is 5.92 Å². The van der Waals surface area contributed by atoms with E-state index in [1.165, 1.54) is 0 Å². The fourth-order valence-corrected chi connectivity index (χ4v) is 1.02. The van der Waals surface area contributed by atoms with Crippen molar-refractivity contribution in [1.82, 2.24) is 0 Å². The van der Waals surface area contributed by atoms with Crippen LogP contribution in [0.2, 0.25) is 0 Å². The van der Waals surface area contributed by atoms with Crippen LogP contribution in [0.3, 0.4) is 0 Å². The Hall–Kier alpha value is 1.38. The maximum absolute atomic E-state index is 5.67. The molecule has 0 bridgehead atoms. The molecule has 0 rings (SSSR count). The van der Waals surface area contributed by atoms with Crippen molar-refractivity contribution in [3.8, 4) is 0 Å². The molecule has 0 spiro atoms. The Kier molecular flexibility index (Phi) is 9.00. The third-order valence-corrected chi connectivity index (χ3v) is 3.83. The van der Waals surface area contributed by atoms with E-state index in [1.54, 1.807) is 0 Å². The normalized spacial score (nSPS) is 16.4. The van der Waals surface area contributed by atoms with Crippen LogP contribution in [0.4, 0.5) is 0 Å². The molecule has 68 valence electrons. The summed E-state index contributed by atoms with van der Waals surface area (Å²) in [5.41, 5.74) is 5.67. The number of ether oxygens (including phenoxy) is 1. The predicted molar refractivity (Wildman–Crippen MR) is 65.7 cm³/mol. The Labute approximate surface area is 95.9 Å². The standard InChI is InChI=1S/C7H15I2NO/c1-6(2-8)4-11-5-7(10)3-9/h6-7H,2-5,10H2,1H3. The highest BCUT2D eigenvalue weighted by molar-refractivity contribution is 14.1. The average Bonchev–Trinajstić information content (AvgIpc) is 2.04. The largest absolute Gasteiger partial charge is 0.380 e. The summed E-state index contributed by atoms with van der Waals surface area (Å²) in [6, 6.07) is 0.206. The van der Waals surface area contributed by atoms with Crippen molar-refractivity contribution >= 4 is 45.2 Å². The van der Waals surface area contributed by atoms with Gasteiger partial charge in [-0.1, -0.05) is 52.1 Å². The number of rotatable bonds is 6. The van der Waals surface area contributed by atoms with E-state index in [-0.39, 0.29) is 6.04 Å². The van der Waals surface area contributed by atoms with Crippen LogP contribution < -0.4 is 5.73 Å². The number of hydrogen-bond donors (Lipinski definition) is 1. The van der Waals surface area contributed by atoms with Crippen LogP contribution in [-0.4, -0.2) is 28.1 Å². The lowest BCUT2D eigenvalue weighted by molar-refractivity contribution is 0.105. The molecule has 0 saturated carbocycles. The lowest BCUT2D eigenvalue weighted by atomic mass is 10.2. The fourth-order valence-electron chi connectivity index (χ4n) is 0.510. The van der Waals surface area contributed by atoms with E-state index in [1.807, 2.05) is 0 Å². The molecule has 0 radical (unpaired) electrons. The van der Waals surface area contributed by atoms with Gasteiger partial charge in [0.2, 0.25) is 0 Å². The number of hydrogen-bond acceptors (Lipinski definition) is 2. The monoisotopic (exact) mass is 383 g/mol. The molecule has 0 heterocycles. The third kappa shape index (κ3) is 7.73. The van der Waals surface area contributed by atoms with Crippen molar-refractivity contribution in [2.24, 2.45) is 11.7 Å². The van der Waals surface area contributed by atoms with Crippen molar-refractivity contribution in [2.75, 3.05) is 22.1 Å². The van der Waals surface area contributed by atoms with E-state index in [2.05, 4.69) is 52.1 Å². The molecule has 0 amide bonds. The lowest BCUT2D eigenvalue weighted by Gasteiger charge is -2.11. The summed E-state index contributed by atoms with van der Waals surface area (Å²) in [5.74, 6) is 0.650. The summed E-state index contributed by atoms with van der Waals surface area (Å²) in [5, 5.41) is 0. The minimum Gasteiger partial charge on any atom is -0.380 e. The van der Waals surface area contributed by atoms with Crippen LogP contribution in [0, 0.1) is 5.92 Å². The van der Waals surface area contributed by atoms with Crippen LogP contribution in [0.25, 0.3) is 0 Å². The molecule has 2 atom stereocenters. The Morgan fingerprint density at radius 3 is 2.36 bits per heavy atom. The molecule has 0 aromatic rings. The minimum absolute atomic E-state index is 0.206. The quantitative estimate of drug-likeness (QED) is 0.562. The van der Waals surface area contributed by atoms with Crippen LogP contribution in [0.15, 0.2) is 0 Å². The zero-order valence-electron chi connectivity index (χ0n) is 6.72. The summed E-state index contributed by atoms with van der Waals surface area (Å²) in [6.07, 6.45) is 0. The van der Waals surface area contributed by atoms with E-state index in [4.69, 9.17) is 10.5 Å². The minimum atomic E-state index is 0.206. The molecular weight excluding hydrogens is 368 g/mol. The SMILES string of the molecule is CC(CI)COCC(N)CI. The smallest absolute Gasteiger partial charge is 0.0625 e. The van der Waals surface area contributed by atoms with Gasteiger partial charge < -0.3 is 10.5 Å². The van der Waals surface area contributed by atoms with Gasteiger partial charge in [-0.2, -0.15) is 0 Å². The van der Waals surface area contributed by atoms with E-state index in [0.717, 1.165) is 15.5 Å². The molecular formula is C7H15I2NO. The van der Waals surface area contributed by atoms with Gasteiger partial charge in [-0.15, -0.1) is 0 Å². The Morgan fingerprint density at radius 1 is 1.27 bits per heavy atom. The van der Waals surface area contributed by atoms with Gasteiger partial charge in [0, 0.05) is 21.5 Å². The first kappa shape index (κ1) is 12.4. The summed E-state index contributed by atoms with van der Waals surface area (Å²) >= 11 is 4.64. The first-order valence-electron chi connectivity index (χ1n) is 3.66. The highest BCUT2D eigenvalue weighted by atomic mass is 127. The van der Waals surface area contributed by atoms with Crippen LogP contribution in [0.1, 0.15) is 6.92 Å². The molecule has 0 aliphatic heterocycles. The van der Waals surface area contributed by atoms with E-state index in [9.17, 15) is 0 Å². The van der Waals surface area contributed by atoms with Crippen molar-refractivity contribution in [1.29, 1.82) is 0 Å². The summed E-state index contributed by atoms with van der Waals surface area (Å²) < 4.78 is 7.52. The van der Waals surface area contributed by atoms with Gasteiger partial charge in [0.15, 0.2) is 0 Å². The molecule has 0 aromatic carbocycles. The molecule has 0 aliphatic carbocycles. The lowest BCUT2D eigenvalue weighted by Crippen LogP contribution is -2.28. The van der Waals surface area contributed by atoms with Gasteiger partial charge in [0.1, 0.15) is 0 Å². The van der Waals surface area contributed by atoms with E-state index < -0.39 is 0 Å². The van der Waals surface area contributed by atoms with Crippen molar-refractivity contribution < 1.29 is 4.74 Å². The first-order chi connectivity index (χ1) is 5.20. The molecule has 0 aromatic heterocycles. The molecule has 2 N–H and O–H groups in total. The number of halogens is 2. The van der Waals surface area contributed by atoms with Gasteiger partial charge >= 0.3 is 0 Å².